The lowest BCUT2D eigenvalue weighted by atomic mass is 10.00. The van der Waals surface area contributed by atoms with Crippen molar-refractivity contribution < 1.29 is 18.0 Å². The summed E-state index contributed by atoms with van der Waals surface area (Å²) in [5.74, 6) is 0. The number of carbonyl (C=O) groups excluding carboxylic acids is 1. The van der Waals surface area contributed by atoms with Gasteiger partial charge < -0.3 is 9.80 Å². The van der Waals surface area contributed by atoms with Gasteiger partial charge in [-0.15, -0.1) is 0 Å². The Bertz CT molecular complexity index is 1020. The quantitative estimate of drug-likeness (QED) is 0.672. The van der Waals surface area contributed by atoms with E-state index in [1.807, 2.05) is 25.1 Å². The van der Waals surface area contributed by atoms with Crippen LogP contribution in [0.1, 0.15) is 29.7 Å². The Morgan fingerprint density at radius 1 is 1.13 bits per heavy atom. The molecule has 1 atom stereocenters. The third kappa shape index (κ3) is 4.89. The molecule has 0 aliphatic carbocycles. The van der Waals surface area contributed by atoms with Gasteiger partial charge in [-0.05, 0) is 63.0 Å². The van der Waals surface area contributed by atoms with Gasteiger partial charge in [-0.2, -0.15) is 18.4 Å². The second-order valence-corrected chi connectivity index (χ2v) is 7.65. The van der Waals surface area contributed by atoms with Gasteiger partial charge in [0.15, 0.2) is 0 Å². The van der Waals surface area contributed by atoms with Gasteiger partial charge in [-0.25, -0.2) is 4.79 Å². The van der Waals surface area contributed by atoms with Crippen LogP contribution in [0.3, 0.4) is 0 Å². The zero-order chi connectivity index (χ0) is 22.8. The first-order chi connectivity index (χ1) is 14.6. The van der Waals surface area contributed by atoms with Crippen LogP contribution >= 0.6 is 0 Å². The number of urea groups is 1. The fraction of sp³-hybridized carbons (Fsp3) is 0.304. The van der Waals surface area contributed by atoms with Crippen LogP contribution in [-0.2, 0) is 6.18 Å². The summed E-state index contributed by atoms with van der Waals surface area (Å²) in [5, 5.41) is 9.04. The van der Waals surface area contributed by atoms with Crippen LogP contribution in [0.15, 0.2) is 60.3 Å². The van der Waals surface area contributed by atoms with Gasteiger partial charge in [0, 0.05) is 18.8 Å². The van der Waals surface area contributed by atoms with Gasteiger partial charge in [0.2, 0.25) is 0 Å². The Morgan fingerprint density at radius 3 is 2.39 bits per heavy atom. The van der Waals surface area contributed by atoms with Crippen LogP contribution in [0.2, 0.25) is 0 Å². The van der Waals surface area contributed by atoms with E-state index >= 15 is 0 Å². The highest BCUT2D eigenvalue weighted by Gasteiger charge is 2.36. The molecule has 0 fully saturated rings. The monoisotopic (exact) mass is 428 g/mol. The number of halogens is 3. The molecule has 2 aromatic carbocycles. The molecule has 0 aromatic heterocycles. The zero-order valence-corrected chi connectivity index (χ0v) is 17.5. The lowest BCUT2D eigenvalue weighted by Crippen LogP contribution is -2.49. The number of likely N-dealkylation sites (N-methyl/N-ethyl adjacent to an activating group) is 1. The fourth-order valence-corrected chi connectivity index (χ4v) is 3.50. The molecule has 3 rings (SSSR count). The number of hydrogen-bond donors (Lipinski definition) is 0. The highest BCUT2D eigenvalue weighted by atomic mass is 19.4. The maximum absolute atomic E-state index is 13.5. The first-order valence-corrected chi connectivity index (χ1v) is 9.73. The molecule has 5 nitrogen and oxygen atoms in total. The average Bonchev–Trinajstić information content (AvgIpc) is 2.72. The number of rotatable bonds is 5. The molecule has 31 heavy (non-hydrogen) atoms. The largest absolute Gasteiger partial charge is 0.416 e. The maximum atomic E-state index is 13.5. The number of benzene rings is 2. The van der Waals surface area contributed by atoms with Crippen LogP contribution in [0, 0.1) is 11.3 Å². The van der Waals surface area contributed by atoms with Gasteiger partial charge >= 0.3 is 12.2 Å². The Balaban J connectivity index is 2.04. The van der Waals surface area contributed by atoms with Gasteiger partial charge in [-0.3, -0.25) is 4.90 Å². The second kappa shape index (κ2) is 8.82. The number of alkyl halides is 3. The van der Waals surface area contributed by atoms with Crippen molar-refractivity contribution in [2.24, 2.45) is 0 Å². The van der Waals surface area contributed by atoms with Gasteiger partial charge in [0.05, 0.1) is 28.9 Å². The number of nitrogens with zero attached hydrogens (tertiary/aromatic N) is 4. The third-order valence-electron chi connectivity index (χ3n) is 5.13. The first kappa shape index (κ1) is 22.4. The lowest BCUT2D eigenvalue weighted by molar-refractivity contribution is -0.137. The minimum atomic E-state index is -4.50. The summed E-state index contributed by atoms with van der Waals surface area (Å²) in [6.07, 6.45) is -2.64. The normalized spacial score (nSPS) is 17.0. The van der Waals surface area contributed by atoms with Crippen molar-refractivity contribution in [3.8, 4) is 6.07 Å². The van der Waals surface area contributed by atoms with E-state index in [-0.39, 0.29) is 11.7 Å². The van der Waals surface area contributed by atoms with E-state index in [1.54, 1.807) is 36.1 Å². The van der Waals surface area contributed by atoms with Crippen molar-refractivity contribution in [3.05, 3.63) is 77.0 Å². The predicted molar refractivity (Wildman–Crippen MR) is 112 cm³/mol. The minimum Gasteiger partial charge on any atom is -0.312 e. The number of allylic oxidation sites excluding steroid dienone is 1. The van der Waals surface area contributed by atoms with Crippen LogP contribution in [0.5, 0.6) is 0 Å². The van der Waals surface area contributed by atoms with Gasteiger partial charge in [0.1, 0.15) is 0 Å². The van der Waals surface area contributed by atoms with E-state index in [0.29, 0.717) is 24.4 Å². The standard InChI is InChI=1S/C23H23F3N4O/c1-16-13-21(18-9-7-17(15-27)8-10-18)29(12-11-28(2)3)22(31)30(16)20-6-4-5-19(14-20)23(24,25)26/h4-10,13-14,21H,11-12H2,1-3H3/t21-/m1/s1. The molecule has 0 bridgehead atoms. The SMILES string of the molecule is CC1=C[C@H](c2ccc(C#N)cc2)N(CCN(C)C)C(=O)N1c1cccc(C(F)(F)F)c1. The van der Waals surface area contributed by atoms with Crippen LogP contribution in [0.25, 0.3) is 0 Å². The van der Waals surface area contributed by atoms with Crippen molar-refractivity contribution in [2.75, 3.05) is 32.1 Å². The lowest BCUT2D eigenvalue weighted by Gasteiger charge is -2.40. The van der Waals surface area contributed by atoms with E-state index in [0.717, 1.165) is 17.7 Å². The van der Waals surface area contributed by atoms with Crippen molar-refractivity contribution in [1.29, 1.82) is 5.26 Å². The third-order valence-corrected chi connectivity index (χ3v) is 5.13. The molecule has 8 heteroatoms. The Hall–Kier alpha value is -3.31. The summed E-state index contributed by atoms with van der Waals surface area (Å²) in [7, 11) is 3.77. The number of anilines is 1. The summed E-state index contributed by atoms with van der Waals surface area (Å²) >= 11 is 0. The highest BCUT2D eigenvalue weighted by molar-refractivity contribution is 5.96. The van der Waals surface area contributed by atoms with E-state index in [4.69, 9.17) is 5.26 Å². The van der Waals surface area contributed by atoms with Crippen LogP contribution in [-0.4, -0.2) is 43.0 Å². The summed E-state index contributed by atoms with van der Waals surface area (Å²) in [6, 6.07) is 13.0. The predicted octanol–water partition coefficient (Wildman–Crippen LogP) is 5.03. The second-order valence-electron chi connectivity index (χ2n) is 7.65. The van der Waals surface area contributed by atoms with Gasteiger partial charge in [0.25, 0.3) is 0 Å². The molecule has 0 spiro atoms. The molecule has 162 valence electrons. The molecule has 1 aliphatic heterocycles. The molecule has 0 saturated heterocycles. The minimum absolute atomic E-state index is 0.168. The molecule has 2 aromatic rings. The topological polar surface area (TPSA) is 50.6 Å². The molecular weight excluding hydrogens is 405 g/mol. The molecule has 1 heterocycles. The average molecular weight is 428 g/mol. The molecule has 0 radical (unpaired) electrons. The summed E-state index contributed by atoms with van der Waals surface area (Å²) < 4.78 is 39.6. The Labute approximate surface area is 179 Å². The van der Waals surface area contributed by atoms with Crippen molar-refractivity contribution in [1.82, 2.24) is 9.80 Å². The van der Waals surface area contributed by atoms with Crippen LogP contribution < -0.4 is 4.90 Å². The van der Waals surface area contributed by atoms with Gasteiger partial charge in [-0.1, -0.05) is 18.2 Å². The Morgan fingerprint density at radius 2 is 1.81 bits per heavy atom. The van der Waals surface area contributed by atoms with E-state index in [1.165, 1.54) is 17.0 Å². The number of nitriles is 1. The molecule has 0 N–H and O–H groups in total. The first-order valence-electron chi connectivity index (χ1n) is 9.73. The summed E-state index contributed by atoms with van der Waals surface area (Å²) in [5.41, 5.74) is 1.24. The van der Waals surface area contributed by atoms with Crippen molar-refractivity contribution in [2.45, 2.75) is 19.1 Å². The summed E-state index contributed by atoms with van der Waals surface area (Å²) in [4.78, 5) is 18.4. The number of amides is 2. The fourth-order valence-electron chi connectivity index (χ4n) is 3.50. The maximum Gasteiger partial charge on any atom is 0.416 e. The highest BCUT2D eigenvalue weighted by Crippen LogP contribution is 2.36. The smallest absolute Gasteiger partial charge is 0.312 e. The van der Waals surface area contributed by atoms with Crippen molar-refractivity contribution in [3.63, 3.8) is 0 Å². The number of carbonyl (C=O) groups is 1. The van der Waals surface area contributed by atoms with Crippen molar-refractivity contribution >= 4 is 11.7 Å². The van der Waals surface area contributed by atoms with E-state index < -0.39 is 17.8 Å². The van der Waals surface area contributed by atoms with Crippen LogP contribution in [0.4, 0.5) is 23.7 Å². The summed E-state index contributed by atoms with van der Waals surface area (Å²) in [6.45, 7) is 2.68. The molecule has 1 aliphatic rings. The van der Waals surface area contributed by atoms with E-state index in [9.17, 15) is 18.0 Å². The molecule has 0 saturated carbocycles. The molecular formula is C23H23F3N4O. The zero-order valence-electron chi connectivity index (χ0n) is 17.5. The molecule has 2 amide bonds. The molecule has 0 unspecified atom stereocenters. The number of hydrogen-bond acceptors (Lipinski definition) is 3. The Kier molecular flexibility index (Phi) is 6.37. The van der Waals surface area contributed by atoms with E-state index in [2.05, 4.69) is 6.07 Å².